The summed E-state index contributed by atoms with van der Waals surface area (Å²) in [5, 5.41) is 0. The van der Waals surface area contributed by atoms with E-state index in [1.54, 1.807) is 6.20 Å². The molecule has 0 saturated carbocycles. The molecule has 1 spiro atoms. The first kappa shape index (κ1) is 13.0. The van der Waals surface area contributed by atoms with Crippen LogP contribution in [0, 0.1) is 0 Å². The number of amides is 1. The Bertz CT molecular complexity index is 667. The molecule has 0 N–H and O–H groups in total. The molecule has 4 heteroatoms. The Hall–Kier alpha value is -1.68. The molecule has 1 saturated heterocycles. The molecule has 21 heavy (non-hydrogen) atoms. The number of aryl methyl sites for hydroxylation is 1. The van der Waals surface area contributed by atoms with E-state index in [4.69, 9.17) is 0 Å². The van der Waals surface area contributed by atoms with Crippen LogP contribution in [0.4, 0.5) is 0 Å². The van der Waals surface area contributed by atoms with Gasteiger partial charge in [-0.15, -0.1) is 0 Å². The van der Waals surface area contributed by atoms with Crippen molar-refractivity contribution < 1.29 is 4.79 Å². The topological polar surface area (TPSA) is 33.2 Å². The van der Waals surface area contributed by atoms with Crippen molar-refractivity contribution in [2.75, 3.05) is 13.1 Å². The van der Waals surface area contributed by atoms with Crippen LogP contribution < -0.4 is 0 Å². The number of rotatable bonds is 1. The second-order valence-electron chi connectivity index (χ2n) is 6.14. The Morgan fingerprint density at radius 2 is 2.14 bits per heavy atom. The predicted molar refractivity (Wildman–Crippen MR) is 83.7 cm³/mol. The number of carbonyl (C=O) groups is 1. The molecule has 1 atom stereocenters. The third-order valence-electron chi connectivity index (χ3n) is 4.98. The fourth-order valence-corrected chi connectivity index (χ4v) is 4.52. The summed E-state index contributed by atoms with van der Waals surface area (Å²) in [5.74, 6) is 0.150. The van der Waals surface area contributed by atoms with Gasteiger partial charge in [0.15, 0.2) is 0 Å². The molecule has 1 aliphatic carbocycles. The van der Waals surface area contributed by atoms with Crippen molar-refractivity contribution in [2.24, 2.45) is 0 Å². The lowest BCUT2D eigenvalue weighted by atomic mass is 9.69. The van der Waals surface area contributed by atoms with Gasteiger partial charge in [-0.2, -0.15) is 0 Å². The van der Waals surface area contributed by atoms with Gasteiger partial charge in [0.05, 0.1) is 0 Å². The lowest BCUT2D eigenvalue weighted by Gasteiger charge is -2.35. The maximum atomic E-state index is 12.5. The number of nitrogens with zero attached hydrogens (tertiary/aromatic N) is 2. The number of likely N-dealkylation sites (tertiary alicyclic amines) is 1. The SMILES string of the molecule is O=C(c1ccns1)N1CCC2(CCCc3ccccc32)C1. The fraction of sp³-hybridized carbons (Fsp3) is 0.412. The number of hydrogen-bond donors (Lipinski definition) is 0. The van der Waals surface area contributed by atoms with Crippen molar-refractivity contribution in [3.05, 3.63) is 52.5 Å². The molecule has 1 amide bonds. The molecule has 4 rings (SSSR count). The highest BCUT2D eigenvalue weighted by molar-refractivity contribution is 7.08. The van der Waals surface area contributed by atoms with Crippen molar-refractivity contribution in [2.45, 2.75) is 31.1 Å². The number of carbonyl (C=O) groups excluding carboxylic acids is 1. The number of benzene rings is 1. The van der Waals surface area contributed by atoms with Crippen molar-refractivity contribution in [3.8, 4) is 0 Å². The Morgan fingerprint density at radius 1 is 1.24 bits per heavy atom. The van der Waals surface area contributed by atoms with E-state index in [-0.39, 0.29) is 11.3 Å². The summed E-state index contributed by atoms with van der Waals surface area (Å²) in [4.78, 5) is 15.3. The van der Waals surface area contributed by atoms with E-state index in [2.05, 4.69) is 28.6 Å². The van der Waals surface area contributed by atoms with Crippen LogP contribution >= 0.6 is 11.5 Å². The Labute approximate surface area is 128 Å². The first-order chi connectivity index (χ1) is 10.3. The summed E-state index contributed by atoms with van der Waals surface area (Å²) in [6.45, 7) is 1.73. The minimum Gasteiger partial charge on any atom is -0.337 e. The third-order valence-corrected chi connectivity index (χ3v) is 5.71. The van der Waals surface area contributed by atoms with E-state index in [1.165, 1.54) is 41.9 Å². The molecule has 0 bridgehead atoms. The van der Waals surface area contributed by atoms with Gasteiger partial charge >= 0.3 is 0 Å². The quantitative estimate of drug-likeness (QED) is 0.809. The van der Waals surface area contributed by atoms with E-state index in [9.17, 15) is 4.79 Å². The molecular weight excluding hydrogens is 280 g/mol. The molecule has 1 fully saturated rings. The molecule has 0 radical (unpaired) electrons. The molecule has 1 aliphatic heterocycles. The molecular formula is C17H18N2OS. The van der Waals surface area contributed by atoms with Crippen LogP contribution in [0.5, 0.6) is 0 Å². The van der Waals surface area contributed by atoms with Crippen LogP contribution in [0.1, 0.15) is 40.1 Å². The van der Waals surface area contributed by atoms with Gasteiger partial charge < -0.3 is 4.90 Å². The zero-order valence-corrected chi connectivity index (χ0v) is 12.7. The van der Waals surface area contributed by atoms with Crippen molar-refractivity contribution in [1.29, 1.82) is 0 Å². The number of fused-ring (bicyclic) bond motifs is 2. The van der Waals surface area contributed by atoms with Crippen LogP contribution in [0.15, 0.2) is 36.5 Å². The number of hydrogen-bond acceptors (Lipinski definition) is 3. The summed E-state index contributed by atoms with van der Waals surface area (Å²) < 4.78 is 4.05. The first-order valence-electron chi connectivity index (χ1n) is 7.57. The maximum absolute atomic E-state index is 12.5. The van der Waals surface area contributed by atoms with Gasteiger partial charge in [-0.05, 0) is 54.4 Å². The standard InChI is InChI=1S/C17H18N2OS/c20-16(15-7-10-18-21-15)19-11-9-17(12-19)8-3-5-13-4-1-2-6-14(13)17/h1-2,4,6-7,10H,3,5,8-9,11-12H2. The van der Waals surface area contributed by atoms with Crippen molar-refractivity contribution in [1.82, 2.24) is 9.27 Å². The lowest BCUT2D eigenvalue weighted by molar-refractivity contribution is 0.0786. The number of aromatic nitrogens is 1. The molecule has 1 aromatic carbocycles. The van der Waals surface area contributed by atoms with Gasteiger partial charge in [0.2, 0.25) is 0 Å². The summed E-state index contributed by atoms with van der Waals surface area (Å²) >= 11 is 1.30. The van der Waals surface area contributed by atoms with Gasteiger partial charge in [-0.25, -0.2) is 4.37 Å². The zero-order chi connectivity index (χ0) is 14.3. The second-order valence-corrected chi connectivity index (χ2v) is 6.98. The average molecular weight is 298 g/mol. The lowest BCUT2D eigenvalue weighted by Crippen LogP contribution is -2.36. The molecule has 1 unspecified atom stereocenters. The average Bonchev–Trinajstić information content (AvgIpc) is 3.18. The minimum atomic E-state index is 0.150. The third kappa shape index (κ3) is 2.09. The Kier molecular flexibility index (Phi) is 3.07. The first-order valence-corrected chi connectivity index (χ1v) is 8.34. The molecule has 108 valence electrons. The minimum absolute atomic E-state index is 0.150. The molecule has 3 nitrogen and oxygen atoms in total. The van der Waals surface area contributed by atoms with Crippen LogP contribution in [0.2, 0.25) is 0 Å². The normalized spacial score (nSPS) is 24.3. The molecule has 2 aliphatic rings. The summed E-state index contributed by atoms with van der Waals surface area (Å²) in [5.41, 5.74) is 3.15. The van der Waals surface area contributed by atoms with Gasteiger partial charge in [0.25, 0.3) is 5.91 Å². The van der Waals surface area contributed by atoms with Gasteiger partial charge in [-0.3, -0.25) is 4.79 Å². The van der Waals surface area contributed by atoms with Gasteiger partial charge in [0.1, 0.15) is 4.88 Å². The fourth-order valence-electron chi connectivity index (χ4n) is 3.96. The van der Waals surface area contributed by atoms with E-state index in [1.807, 2.05) is 11.0 Å². The second kappa shape index (κ2) is 4.95. The van der Waals surface area contributed by atoms with Crippen LogP contribution in [-0.4, -0.2) is 28.3 Å². The summed E-state index contributed by atoms with van der Waals surface area (Å²) in [7, 11) is 0. The van der Waals surface area contributed by atoms with Crippen LogP contribution in [-0.2, 0) is 11.8 Å². The summed E-state index contributed by atoms with van der Waals surface area (Å²) in [6, 6.07) is 10.6. The van der Waals surface area contributed by atoms with Crippen LogP contribution in [0.3, 0.4) is 0 Å². The predicted octanol–water partition coefficient (Wildman–Crippen LogP) is 3.26. The smallest absolute Gasteiger partial charge is 0.265 e. The van der Waals surface area contributed by atoms with E-state index >= 15 is 0 Å². The zero-order valence-electron chi connectivity index (χ0n) is 11.9. The van der Waals surface area contributed by atoms with Crippen molar-refractivity contribution >= 4 is 17.4 Å². The molecule has 2 heterocycles. The molecule has 2 aromatic rings. The van der Waals surface area contributed by atoms with Crippen molar-refractivity contribution in [3.63, 3.8) is 0 Å². The summed E-state index contributed by atoms with van der Waals surface area (Å²) in [6.07, 6.45) is 6.42. The maximum Gasteiger partial charge on any atom is 0.265 e. The Balaban J connectivity index is 1.63. The van der Waals surface area contributed by atoms with Gasteiger partial charge in [-0.1, -0.05) is 24.3 Å². The molecule has 1 aromatic heterocycles. The highest BCUT2D eigenvalue weighted by Gasteiger charge is 2.43. The van der Waals surface area contributed by atoms with E-state index in [0.717, 1.165) is 24.4 Å². The monoisotopic (exact) mass is 298 g/mol. The largest absolute Gasteiger partial charge is 0.337 e. The highest BCUT2D eigenvalue weighted by atomic mass is 32.1. The van der Waals surface area contributed by atoms with E-state index in [0.29, 0.717) is 0 Å². The van der Waals surface area contributed by atoms with Crippen LogP contribution in [0.25, 0.3) is 0 Å². The Morgan fingerprint density at radius 3 is 3.00 bits per heavy atom. The highest BCUT2D eigenvalue weighted by Crippen LogP contribution is 2.44. The van der Waals surface area contributed by atoms with Gasteiger partial charge in [0, 0.05) is 24.7 Å². The van der Waals surface area contributed by atoms with E-state index < -0.39 is 0 Å².